The van der Waals surface area contributed by atoms with Crippen LogP contribution in [0.5, 0.6) is 5.75 Å². The Kier molecular flexibility index (Phi) is 4.18. The lowest BCUT2D eigenvalue weighted by atomic mass is 10.2. The van der Waals surface area contributed by atoms with E-state index in [1.807, 2.05) is 12.1 Å². The number of nitrogens with zero attached hydrogens (tertiary/aromatic N) is 1. The minimum atomic E-state index is -0.205. The van der Waals surface area contributed by atoms with Crippen LogP contribution >= 0.6 is 23.4 Å². The number of aliphatic imine (C=N–C) groups is 1. The third-order valence-corrected chi connectivity index (χ3v) is 4.00. The van der Waals surface area contributed by atoms with Crippen molar-refractivity contribution in [1.82, 2.24) is 5.32 Å². The molecule has 22 heavy (non-hydrogen) atoms. The molecule has 110 valence electrons. The molecule has 0 aliphatic carbocycles. The molecule has 2 N–H and O–H groups in total. The van der Waals surface area contributed by atoms with Gasteiger partial charge in [0.15, 0.2) is 5.17 Å². The van der Waals surface area contributed by atoms with Crippen molar-refractivity contribution in [3.05, 3.63) is 64.0 Å². The number of aromatic hydroxyl groups is 1. The maximum Gasteiger partial charge on any atom is 0.264 e. The number of carbonyl (C=O) groups is 1. The van der Waals surface area contributed by atoms with Crippen LogP contribution in [0, 0.1) is 0 Å². The largest absolute Gasteiger partial charge is 0.508 e. The fourth-order valence-electron chi connectivity index (χ4n) is 1.91. The summed E-state index contributed by atoms with van der Waals surface area (Å²) >= 11 is 7.18. The van der Waals surface area contributed by atoms with E-state index >= 15 is 0 Å². The molecular weight excluding hydrogens is 320 g/mol. The number of phenolic OH excluding ortho intramolecular Hbond substituents is 1. The first-order valence-corrected chi connectivity index (χ1v) is 7.64. The number of nitrogens with one attached hydrogen (secondary N) is 1. The predicted octanol–water partition coefficient (Wildman–Crippen LogP) is 3.94. The van der Waals surface area contributed by atoms with Gasteiger partial charge in [-0.3, -0.25) is 4.79 Å². The summed E-state index contributed by atoms with van der Waals surface area (Å²) in [5, 5.41) is 13.2. The normalized spacial score (nSPS) is 18.0. The van der Waals surface area contributed by atoms with Crippen molar-refractivity contribution in [3.8, 4) is 5.75 Å². The Morgan fingerprint density at radius 3 is 2.77 bits per heavy atom. The van der Waals surface area contributed by atoms with Gasteiger partial charge in [-0.15, -0.1) is 0 Å². The molecule has 2 aromatic rings. The molecule has 4 nitrogen and oxygen atoms in total. The van der Waals surface area contributed by atoms with Crippen LogP contribution in [0.1, 0.15) is 5.56 Å². The Labute approximate surface area is 136 Å². The van der Waals surface area contributed by atoms with Crippen LogP contribution in [0.4, 0.5) is 5.69 Å². The summed E-state index contributed by atoms with van der Waals surface area (Å²) in [6.07, 6.45) is 1.76. The second-order valence-electron chi connectivity index (χ2n) is 4.56. The molecular formula is C16H11ClN2O2S. The molecule has 0 bridgehead atoms. The summed E-state index contributed by atoms with van der Waals surface area (Å²) in [6, 6.07) is 13.8. The van der Waals surface area contributed by atoms with Crippen LogP contribution in [0.25, 0.3) is 6.08 Å². The molecule has 6 heteroatoms. The molecule has 1 saturated heterocycles. The summed E-state index contributed by atoms with van der Waals surface area (Å²) < 4.78 is 0. The summed E-state index contributed by atoms with van der Waals surface area (Å²) in [4.78, 5) is 16.8. The number of amidine groups is 1. The number of rotatable bonds is 2. The van der Waals surface area contributed by atoms with E-state index in [9.17, 15) is 9.90 Å². The Morgan fingerprint density at radius 1 is 1.18 bits per heavy atom. The van der Waals surface area contributed by atoms with Gasteiger partial charge < -0.3 is 10.4 Å². The number of benzene rings is 2. The van der Waals surface area contributed by atoms with Gasteiger partial charge in [0.25, 0.3) is 5.91 Å². The SMILES string of the molecule is O=C1NC(=Nc2cccc(O)c2)S/C1=C\c1cccc(Cl)c1. The summed E-state index contributed by atoms with van der Waals surface area (Å²) in [5.41, 5.74) is 1.43. The predicted molar refractivity (Wildman–Crippen MR) is 90.4 cm³/mol. The summed E-state index contributed by atoms with van der Waals surface area (Å²) in [6.45, 7) is 0. The summed E-state index contributed by atoms with van der Waals surface area (Å²) in [7, 11) is 0. The van der Waals surface area contributed by atoms with Gasteiger partial charge in [0, 0.05) is 11.1 Å². The maximum absolute atomic E-state index is 12.0. The maximum atomic E-state index is 12.0. The standard InChI is InChI=1S/C16H11ClN2O2S/c17-11-4-1-3-10(7-11)8-14-15(21)19-16(22-14)18-12-5-2-6-13(20)9-12/h1-9,20H,(H,18,19,21)/b14-8-. The molecule has 1 amide bonds. The Hall–Kier alpha value is -2.24. The minimum absolute atomic E-state index is 0.130. The monoisotopic (exact) mass is 330 g/mol. The summed E-state index contributed by atoms with van der Waals surface area (Å²) in [5.74, 6) is -0.0743. The zero-order valence-corrected chi connectivity index (χ0v) is 12.9. The van der Waals surface area contributed by atoms with Crippen LogP contribution in [-0.4, -0.2) is 16.2 Å². The van der Waals surface area contributed by atoms with Crippen LogP contribution in [0.3, 0.4) is 0 Å². The van der Waals surface area contributed by atoms with E-state index in [-0.39, 0.29) is 11.7 Å². The molecule has 1 aliphatic rings. The van der Waals surface area contributed by atoms with Gasteiger partial charge in [0.05, 0.1) is 10.6 Å². The first-order valence-electron chi connectivity index (χ1n) is 6.44. The van der Waals surface area contributed by atoms with E-state index in [4.69, 9.17) is 11.6 Å². The van der Waals surface area contributed by atoms with Gasteiger partial charge in [-0.25, -0.2) is 4.99 Å². The third-order valence-electron chi connectivity index (χ3n) is 2.86. The molecule has 3 rings (SSSR count). The molecule has 1 fully saturated rings. The molecule has 2 aromatic carbocycles. The van der Waals surface area contributed by atoms with Crippen molar-refractivity contribution >= 4 is 46.2 Å². The topological polar surface area (TPSA) is 61.7 Å². The van der Waals surface area contributed by atoms with Crippen LogP contribution in [0.15, 0.2) is 58.4 Å². The smallest absolute Gasteiger partial charge is 0.264 e. The van der Waals surface area contributed by atoms with E-state index in [0.29, 0.717) is 20.8 Å². The lowest BCUT2D eigenvalue weighted by Gasteiger charge is -1.97. The minimum Gasteiger partial charge on any atom is -0.508 e. The van der Waals surface area contributed by atoms with Crippen LogP contribution in [0.2, 0.25) is 5.02 Å². The third kappa shape index (κ3) is 3.50. The zero-order chi connectivity index (χ0) is 15.5. The molecule has 0 atom stereocenters. The zero-order valence-electron chi connectivity index (χ0n) is 11.3. The van der Waals surface area contributed by atoms with Gasteiger partial charge in [-0.1, -0.05) is 29.8 Å². The molecule has 0 aromatic heterocycles. The van der Waals surface area contributed by atoms with Gasteiger partial charge >= 0.3 is 0 Å². The molecule has 1 aliphatic heterocycles. The first kappa shape index (κ1) is 14.7. The first-order chi connectivity index (χ1) is 10.6. The average molecular weight is 331 g/mol. The average Bonchev–Trinajstić information content (AvgIpc) is 2.79. The van der Waals surface area contributed by atoms with Crippen molar-refractivity contribution in [3.63, 3.8) is 0 Å². The second kappa shape index (κ2) is 6.25. The van der Waals surface area contributed by atoms with E-state index in [1.54, 1.807) is 36.4 Å². The number of phenols is 1. The highest BCUT2D eigenvalue weighted by Gasteiger charge is 2.23. The van der Waals surface area contributed by atoms with E-state index in [1.165, 1.54) is 17.8 Å². The van der Waals surface area contributed by atoms with Gasteiger partial charge in [-0.2, -0.15) is 0 Å². The Bertz CT molecular complexity index is 802. The molecule has 0 saturated carbocycles. The second-order valence-corrected chi connectivity index (χ2v) is 6.02. The van der Waals surface area contributed by atoms with Crippen molar-refractivity contribution < 1.29 is 9.90 Å². The molecule has 1 heterocycles. The van der Waals surface area contributed by atoms with E-state index < -0.39 is 0 Å². The van der Waals surface area contributed by atoms with Crippen molar-refractivity contribution in [1.29, 1.82) is 0 Å². The number of carbonyl (C=O) groups excluding carboxylic acids is 1. The van der Waals surface area contributed by atoms with Crippen molar-refractivity contribution in [2.24, 2.45) is 4.99 Å². The van der Waals surface area contributed by atoms with Gasteiger partial charge in [-0.05, 0) is 47.7 Å². The fourth-order valence-corrected chi connectivity index (χ4v) is 2.95. The lowest BCUT2D eigenvalue weighted by Crippen LogP contribution is -2.19. The number of hydrogen-bond acceptors (Lipinski definition) is 4. The van der Waals surface area contributed by atoms with Crippen LogP contribution in [-0.2, 0) is 4.79 Å². The lowest BCUT2D eigenvalue weighted by molar-refractivity contribution is -0.115. The molecule has 0 spiro atoms. The van der Waals surface area contributed by atoms with Gasteiger partial charge in [0.2, 0.25) is 0 Å². The van der Waals surface area contributed by atoms with Gasteiger partial charge in [0.1, 0.15) is 5.75 Å². The van der Waals surface area contributed by atoms with E-state index in [0.717, 1.165) is 5.56 Å². The van der Waals surface area contributed by atoms with Crippen LogP contribution < -0.4 is 5.32 Å². The Morgan fingerprint density at radius 2 is 2.00 bits per heavy atom. The molecule has 0 unspecified atom stereocenters. The van der Waals surface area contributed by atoms with Crippen molar-refractivity contribution in [2.75, 3.05) is 0 Å². The Balaban J connectivity index is 1.84. The number of halogens is 1. The number of thioether (sulfide) groups is 1. The molecule has 0 radical (unpaired) electrons. The number of hydrogen-bond donors (Lipinski definition) is 2. The fraction of sp³-hybridized carbons (Fsp3) is 0. The number of amides is 1. The highest BCUT2D eigenvalue weighted by atomic mass is 35.5. The quantitative estimate of drug-likeness (QED) is 0.820. The van der Waals surface area contributed by atoms with E-state index in [2.05, 4.69) is 10.3 Å². The highest BCUT2D eigenvalue weighted by molar-refractivity contribution is 8.18. The van der Waals surface area contributed by atoms with Crippen molar-refractivity contribution in [2.45, 2.75) is 0 Å². The highest BCUT2D eigenvalue weighted by Crippen LogP contribution is 2.29.